The highest BCUT2D eigenvalue weighted by molar-refractivity contribution is 7.07. The Morgan fingerprint density at radius 2 is 1.65 bits per heavy atom. The summed E-state index contributed by atoms with van der Waals surface area (Å²) in [5.74, 6) is 1.43. The number of hydrogen-bond acceptors (Lipinski definition) is 5. The van der Waals surface area contributed by atoms with Gasteiger partial charge in [-0.3, -0.25) is 9.36 Å². The van der Waals surface area contributed by atoms with Crippen molar-refractivity contribution >= 4 is 23.5 Å². The van der Waals surface area contributed by atoms with E-state index in [-0.39, 0.29) is 18.4 Å². The average Bonchev–Trinajstić information content (AvgIpc) is 3.53. The summed E-state index contributed by atoms with van der Waals surface area (Å²) in [5.41, 5.74) is 6.67. The van der Waals surface area contributed by atoms with E-state index in [9.17, 15) is 4.79 Å². The summed E-state index contributed by atoms with van der Waals surface area (Å²) in [6.07, 6.45) is 7.12. The van der Waals surface area contributed by atoms with E-state index >= 15 is 0 Å². The Morgan fingerprint density at radius 1 is 0.865 bits per heavy atom. The fourth-order valence-corrected chi connectivity index (χ4v) is 6.40. The number of allylic oxidation sites excluding steroid dienone is 2. The van der Waals surface area contributed by atoms with Crippen LogP contribution in [0, 0.1) is 0 Å². The van der Waals surface area contributed by atoms with Gasteiger partial charge in [0.25, 0.3) is 5.56 Å². The predicted molar refractivity (Wildman–Crippen MR) is 145 cm³/mol. The summed E-state index contributed by atoms with van der Waals surface area (Å²) in [6, 6.07) is 26.3. The Balaban J connectivity index is 1.43. The van der Waals surface area contributed by atoms with Crippen molar-refractivity contribution < 1.29 is 9.47 Å². The number of fused-ring (bicyclic) bond motifs is 2. The van der Waals surface area contributed by atoms with Crippen molar-refractivity contribution in [1.29, 1.82) is 0 Å². The fourth-order valence-electron chi connectivity index (χ4n) is 5.40. The molecule has 1 unspecified atom stereocenters. The molecule has 37 heavy (non-hydrogen) atoms. The molecular formula is C31H24N2O3S. The zero-order valence-electron chi connectivity index (χ0n) is 20.1. The minimum Gasteiger partial charge on any atom is -0.454 e. The van der Waals surface area contributed by atoms with Crippen LogP contribution < -0.4 is 24.4 Å². The highest BCUT2D eigenvalue weighted by Crippen LogP contribution is 2.41. The molecule has 1 aliphatic carbocycles. The lowest BCUT2D eigenvalue weighted by Gasteiger charge is -2.31. The molecule has 4 aromatic rings. The number of thiazole rings is 1. The fraction of sp³-hybridized carbons (Fsp3) is 0.161. The normalized spacial score (nSPS) is 19.5. The van der Waals surface area contributed by atoms with Crippen molar-refractivity contribution in [2.24, 2.45) is 4.99 Å². The molecular weight excluding hydrogens is 480 g/mol. The second-order valence-electron chi connectivity index (χ2n) is 9.41. The summed E-state index contributed by atoms with van der Waals surface area (Å²) in [7, 11) is 0. The van der Waals surface area contributed by atoms with Crippen LogP contribution >= 0.6 is 11.3 Å². The van der Waals surface area contributed by atoms with E-state index in [2.05, 4.69) is 42.5 Å². The van der Waals surface area contributed by atoms with Crippen molar-refractivity contribution in [1.82, 2.24) is 4.57 Å². The molecule has 0 N–H and O–H groups in total. The minimum atomic E-state index is -0.161. The van der Waals surface area contributed by atoms with Crippen LogP contribution in [-0.4, -0.2) is 11.4 Å². The third-order valence-corrected chi connectivity index (χ3v) is 8.07. The van der Waals surface area contributed by atoms with Gasteiger partial charge >= 0.3 is 0 Å². The van der Waals surface area contributed by atoms with Gasteiger partial charge in [0.05, 0.1) is 16.3 Å². The second-order valence-corrected chi connectivity index (χ2v) is 10.4. The zero-order chi connectivity index (χ0) is 24.8. The van der Waals surface area contributed by atoms with Crippen LogP contribution in [0.4, 0.5) is 0 Å². The molecule has 0 spiro atoms. The van der Waals surface area contributed by atoms with Gasteiger partial charge in [-0.15, -0.1) is 0 Å². The number of aromatic nitrogens is 1. The molecule has 182 valence electrons. The molecule has 2 aliphatic heterocycles. The molecule has 1 atom stereocenters. The molecule has 6 heteroatoms. The van der Waals surface area contributed by atoms with Crippen molar-refractivity contribution in [2.75, 3.05) is 6.79 Å². The van der Waals surface area contributed by atoms with E-state index in [0.29, 0.717) is 10.3 Å². The lowest BCUT2D eigenvalue weighted by molar-refractivity contribution is 0.174. The average molecular weight is 505 g/mol. The van der Waals surface area contributed by atoms with Crippen molar-refractivity contribution in [3.05, 3.63) is 132 Å². The van der Waals surface area contributed by atoms with Crippen molar-refractivity contribution in [3.63, 3.8) is 0 Å². The van der Waals surface area contributed by atoms with Gasteiger partial charge in [0.15, 0.2) is 16.3 Å². The Labute approximate surface area is 218 Å². The van der Waals surface area contributed by atoms with Crippen LogP contribution in [-0.2, 0) is 0 Å². The lowest BCUT2D eigenvalue weighted by Crippen LogP contribution is -2.39. The molecule has 0 radical (unpaired) electrons. The largest absolute Gasteiger partial charge is 0.454 e. The molecule has 7 rings (SSSR count). The molecule has 0 saturated heterocycles. The molecule has 0 amide bonds. The number of rotatable bonds is 3. The standard InChI is InChI=1S/C31H24N2O3S/c34-30-27(18-21-14-15-25-26(17-21)36-19-35-25)37-31-32-28-23(16-20-8-3-1-4-9-20)12-7-13-24(28)29(33(30)31)22-10-5-2-6-11-22/h1-6,8-11,14-18,29H,7,12-13,19H2. The SMILES string of the molecule is O=c1c(=Cc2ccc3c(c2)OCO3)sc2n1C(c1ccccc1)C1=C(N=2)C(=Cc2ccccc2)CCC1. The Kier molecular flexibility index (Phi) is 5.40. The smallest absolute Gasteiger partial charge is 0.271 e. The van der Waals surface area contributed by atoms with Gasteiger partial charge in [0.1, 0.15) is 0 Å². The maximum atomic E-state index is 13.9. The molecule has 0 saturated carbocycles. The van der Waals surface area contributed by atoms with E-state index in [0.717, 1.165) is 46.6 Å². The van der Waals surface area contributed by atoms with E-state index in [4.69, 9.17) is 14.5 Å². The first-order valence-electron chi connectivity index (χ1n) is 12.5. The maximum absolute atomic E-state index is 13.9. The summed E-state index contributed by atoms with van der Waals surface area (Å²) in [6.45, 7) is 0.225. The third kappa shape index (κ3) is 3.94. The Hall–Kier alpha value is -4.16. The number of nitrogens with zero attached hydrogens (tertiary/aromatic N) is 2. The molecule has 3 aromatic carbocycles. The van der Waals surface area contributed by atoms with Gasteiger partial charge in [-0.05, 0) is 71.4 Å². The van der Waals surface area contributed by atoms with E-state index in [1.54, 1.807) is 0 Å². The van der Waals surface area contributed by atoms with Gasteiger partial charge in [0, 0.05) is 0 Å². The van der Waals surface area contributed by atoms with Crippen molar-refractivity contribution in [3.8, 4) is 11.5 Å². The Morgan fingerprint density at radius 3 is 2.49 bits per heavy atom. The van der Waals surface area contributed by atoms with Gasteiger partial charge in [-0.2, -0.15) is 0 Å². The van der Waals surface area contributed by atoms with E-state index in [1.165, 1.54) is 28.0 Å². The van der Waals surface area contributed by atoms with Gasteiger partial charge in [0.2, 0.25) is 6.79 Å². The summed E-state index contributed by atoms with van der Waals surface area (Å²) in [4.78, 5) is 19.7. The predicted octanol–water partition coefficient (Wildman–Crippen LogP) is 5.21. The van der Waals surface area contributed by atoms with Crippen LogP contribution in [0.15, 0.2) is 105 Å². The zero-order valence-corrected chi connectivity index (χ0v) is 20.9. The first-order chi connectivity index (χ1) is 18.2. The summed E-state index contributed by atoms with van der Waals surface area (Å²) < 4.78 is 13.5. The van der Waals surface area contributed by atoms with Crippen molar-refractivity contribution in [2.45, 2.75) is 25.3 Å². The summed E-state index contributed by atoms with van der Waals surface area (Å²) in [5, 5.41) is 0. The highest BCUT2D eigenvalue weighted by atomic mass is 32.1. The monoisotopic (exact) mass is 504 g/mol. The lowest BCUT2D eigenvalue weighted by atomic mass is 9.84. The molecule has 5 nitrogen and oxygen atoms in total. The maximum Gasteiger partial charge on any atom is 0.271 e. The topological polar surface area (TPSA) is 52.8 Å². The van der Waals surface area contributed by atoms with Crippen LogP contribution in [0.3, 0.4) is 0 Å². The number of hydrogen-bond donors (Lipinski definition) is 0. The molecule has 0 bridgehead atoms. The highest BCUT2D eigenvalue weighted by Gasteiger charge is 2.32. The minimum absolute atomic E-state index is 0.0130. The van der Waals surface area contributed by atoms with Gasteiger partial charge in [-0.25, -0.2) is 4.99 Å². The Bertz CT molecular complexity index is 1750. The third-order valence-electron chi connectivity index (χ3n) is 7.08. The summed E-state index contributed by atoms with van der Waals surface area (Å²) >= 11 is 1.45. The quantitative estimate of drug-likeness (QED) is 0.385. The van der Waals surface area contributed by atoms with Gasteiger partial charge in [-0.1, -0.05) is 78.1 Å². The molecule has 1 aromatic heterocycles. The second kappa shape index (κ2) is 9.05. The first-order valence-corrected chi connectivity index (χ1v) is 13.3. The molecule has 3 heterocycles. The first kappa shape index (κ1) is 22.1. The number of ether oxygens (including phenoxy) is 2. The molecule has 0 fully saturated rings. The van der Waals surface area contributed by atoms with E-state index in [1.807, 2.05) is 53.1 Å². The van der Waals surface area contributed by atoms with Crippen LogP contribution in [0.25, 0.3) is 12.2 Å². The number of benzene rings is 3. The van der Waals surface area contributed by atoms with E-state index < -0.39 is 0 Å². The van der Waals surface area contributed by atoms with Gasteiger partial charge < -0.3 is 9.47 Å². The van der Waals surface area contributed by atoms with Crippen LogP contribution in [0.5, 0.6) is 11.5 Å². The molecule has 3 aliphatic rings. The van der Waals surface area contributed by atoms with Crippen LogP contribution in [0.2, 0.25) is 0 Å². The van der Waals surface area contributed by atoms with Crippen LogP contribution in [0.1, 0.15) is 42.0 Å².